The monoisotopic (exact) mass is 489 g/mol. The minimum Gasteiger partial charge on any atom is -0.465 e. The molecule has 6 nitrogen and oxygen atoms in total. The molecule has 1 aromatic rings. The molecule has 34 heavy (non-hydrogen) atoms. The highest BCUT2D eigenvalue weighted by molar-refractivity contribution is 8.00. The van der Waals surface area contributed by atoms with E-state index in [-0.39, 0.29) is 35.3 Å². The van der Waals surface area contributed by atoms with Gasteiger partial charge in [0.2, 0.25) is 5.91 Å². The van der Waals surface area contributed by atoms with Crippen LogP contribution in [0.15, 0.2) is 30.3 Å². The van der Waals surface area contributed by atoms with Gasteiger partial charge >= 0.3 is 11.9 Å². The van der Waals surface area contributed by atoms with Gasteiger partial charge in [-0.25, -0.2) is 0 Å². The minimum atomic E-state index is -1.27. The number of amides is 1. The number of carbonyl (C=O) groups excluding carboxylic acids is 3. The van der Waals surface area contributed by atoms with Crippen molar-refractivity contribution >= 4 is 29.6 Å². The lowest BCUT2D eigenvalue weighted by Crippen LogP contribution is -2.54. The molecule has 0 aliphatic carbocycles. The zero-order valence-electron chi connectivity index (χ0n) is 21.2. The fourth-order valence-electron chi connectivity index (χ4n) is 5.66. The summed E-state index contributed by atoms with van der Waals surface area (Å²) in [6.45, 7) is 10.9. The molecule has 1 amide bonds. The van der Waals surface area contributed by atoms with Crippen LogP contribution < -0.4 is 0 Å². The van der Waals surface area contributed by atoms with Gasteiger partial charge in [0.25, 0.3) is 0 Å². The van der Waals surface area contributed by atoms with Gasteiger partial charge in [-0.05, 0) is 45.6 Å². The van der Waals surface area contributed by atoms with Crippen LogP contribution >= 0.6 is 11.8 Å². The zero-order valence-corrected chi connectivity index (χ0v) is 22.0. The van der Waals surface area contributed by atoms with E-state index in [9.17, 15) is 14.4 Å². The smallest absolute Gasteiger partial charge is 0.323 e. The van der Waals surface area contributed by atoms with Crippen LogP contribution in [0.2, 0.25) is 0 Å². The zero-order chi connectivity index (χ0) is 25.0. The molecule has 2 fully saturated rings. The van der Waals surface area contributed by atoms with Crippen molar-refractivity contribution in [3.8, 4) is 0 Å². The summed E-state index contributed by atoms with van der Waals surface area (Å²) in [6.07, 6.45) is 2.79. The molecule has 0 saturated carbocycles. The van der Waals surface area contributed by atoms with Gasteiger partial charge in [-0.1, -0.05) is 50.6 Å². The molecule has 2 heterocycles. The maximum atomic E-state index is 13.1. The summed E-state index contributed by atoms with van der Waals surface area (Å²) in [6, 6.07) is 10.1. The van der Waals surface area contributed by atoms with E-state index in [2.05, 4.69) is 30.9 Å². The molecule has 2 aliphatic rings. The van der Waals surface area contributed by atoms with Crippen LogP contribution in [-0.2, 0) is 30.4 Å². The number of thioether (sulfide) groups is 1. The van der Waals surface area contributed by atoms with Crippen LogP contribution in [0.4, 0.5) is 0 Å². The quantitative estimate of drug-likeness (QED) is 0.322. The largest absolute Gasteiger partial charge is 0.465 e. The molecular weight excluding hydrogens is 450 g/mol. The second-order valence-corrected chi connectivity index (χ2v) is 11.1. The van der Waals surface area contributed by atoms with E-state index in [1.54, 1.807) is 13.8 Å². The predicted molar refractivity (Wildman–Crippen MR) is 134 cm³/mol. The summed E-state index contributed by atoms with van der Waals surface area (Å²) in [5, 5.41) is 0.228. The second kappa shape index (κ2) is 10.7. The molecule has 2 aliphatic heterocycles. The Labute approximate surface area is 208 Å². The molecule has 0 radical (unpaired) electrons. The normalized spacial score (nSPS) is 26.4. The van der Waals surface area contributed by atoms with Gasteiger partial charge in [-0.3, -0.25) is 14.4 Å². The Bertz CT molecular complexity index is 872. The molecule has 0 spiro atoms. The van der Waals surface area contributed by atoms with Crippen LogP contribution in [0, 0.1) is 10.8 Å². The van der Waals surface area contributed by atoms with E-state index in [0.717, 1.165) is 17.7 Å². The molecule has 3 rings (SSSR count). The maximum absolute atomic E-state index is 13.1. The average molecular weight is 490 g/mol. The van der Waals surface area contributed by atoms with Crippen molar-refractivity contribution in [1.29, 1.82) is 0 Å². The number of hydrogen-bond acceptors (Lipinski definition) is 6. The molecule has 188 valence electrons. The first kappa shape index (κ1) is 26.6. The minimum absolute atomic E-state index is 0.0989. The lowest BCUT2D eigenvalue weighted by atomic mass is 9.70. The van der Waals surface area contributed by atoms with Crippen LogP contribution in [0.3, 0.4) is 0 Å². The van der Waals surface area contributed by atoms with Crippen molar-refractivity contribution < 1.29 is 23.9 Å². The second-order valence-electron chi connectivity index (χ2n) is 9.92. The molecule has 2 saturated heterocycles. The molecular formula is C27H39NO5S. The van der Waals surface area contributed by atoms with E-state index >= 15 is 0 Å². The lowest BCUT2D eigenvalue weighted by molar-refractivity contribution is -0.173. The molecule has 3 atom stereocenters. The van der Waals surface area contributed by atoms with Gasteiger partial charge in [-0.15, -0.1) is 0 Å². The molecule has 0 N–H and O–H groups in total. The number of benzene rings is 1. The fourth-order valence-corrected chi connectivity index (χ4v) is 7.70. The third-order valence-electron chi connectivity index (χ3n) is 8.04. The number of esters is 2. The van der Waals surface area contributed by atoms with E-state index in [4.69, 9.17) is 9.47 Å². The molecule has 7 heteroatoms. The summed E-state index contributed by atoms with van der Waals surface area (Å²) < 4.78 is 10.6. The number of fused-ring (bicyclic) bond motifs is 1. The fraction of sp³-hybridized carbons (Fsp3) is 0.667. The third kappa shape index (κ3) is 4.60. The highest BCUT2D eigenvalue weighted by atomic mass is 32.2. The Morgan fingerprint density at radius 3 is 2.26 bits per heavy atom. The van der Waals surface area contributed by atoms with Crippen LogP contribution in [0.25, 0.3) is 0 Å². The standard InChI is InChI=1S/C27H39NO5S/c1-6-27(23(30)32-7-2,24(31)33-8-3)16-12-15-21-26(5)25(4,19-34-21)17-22(29)28(26)18-20-13-10-9-11-14-20/h9-11,13-14,21H,6-8,12,15-19H2,1-5H3/t21?,25-,26+/m0/s1. The van der Waals surface area contributed by atoms with Gasteiger partial charge in [0, 0.05) is 29.4 Å². The Morgan fingerprint density at radius 2 is 1.71 bits per heavy atom. The van der Waals surface area contributed by atoms with Crippen molar-refractivity contribution in [3.05, 3.63) is 35.9 Å². The Morgan fingerprint density at radius 1 is 1.09 bits per heavy atom. The van der Waals surface area contributed by atoms with Gasteiger partial charge in [0.05, 0.1) is 18.8 Å². The number of ether oxygens (including phenoxy) is 2. The van der Waals surface area contributed by atoms with Gasteiger partial charge in [0.1, 0.15) is 0 Å². The van der Waals surface area contributed by atoms with E-state index in [1.807, 2.05) is 36.9 Å². The van der Waals surface area contributed by atoms with Gasteiger partial charge < -0.3 is 14.4 Å². The topological polar surface area (TPSA) is 72.9 Å². The van der Waals surface area contributed by atoms with Crippen molar-refractivity contribution in [2.45, 2.75) is 84.1 Å². The molecule has 0 aromatic heterocycles. The lowest BCUT2D eigenvalue weighted by Gasteiger charge is -2.44. The molecule has 1 unspecified atom stereocenters. The third-order valence-corrected chi connectivity index (χ3v) is 9.95. The number of rotatable bonds is 11. The maximum Gasteiger partial charge on any atom is 0.323 e. The Kier molecular flexibility index (Phi) is 8.38. The SMILES string of the molecule is CCOC(=O)C(CC)(CCCC1SC[C@]2(C)CC(=O)N(Cc3ccccc3)[C@]12C)C(=O)OCC. The van der Waals surface area contributed by atoms with Gasteiger partial charge in [0.15, 0.2) is 5.41 Å². The number of hydrogen-bond donors (Lipinski definition) is 0. The average Bonchev–Trinajstić information content (AvgIpc) is 3.16. The Hall–Kier alpha value is -2.02. The van der Waals surface area contributed by atoms with Crippen LogP contribution in [-0.4, -0.2) is 52.5 Å². The first-order valence-corrected chi connectivity index (χ1v) is 13.5. The summed E-state index contributed by atoms with van der Waals surface area (Å²) in [5.41, 5.74) is -0.521. The van der Waals surface area contributed by atoms with E-state index in [0.29, 0.717) is 32.2 Å². The van der Waals surface area contributed by atoms with Crippen LogP contribution in [0.5, 0.6) is 0 Å². The Balaban J connectivity index is 1.78. The van der Waals surface area contributed by atoms with Crippen molar-refractivity contribution in [2.75, 3.05) is 19.0 Å². The first-order valence-electron chi connectivity index (χ1n) is 12.5. The van der Waals surface area contributed by atoms with Crippen molar-refractivity contribution in [3.63, 3.8) is 0 Å². The van der Waals surface area contributed by atoms with Crippen molar-refractivity contribution in [2.24, 2.45) is 10.8 Å². The summed E-state index contributed by atoms with van der Waals surface area (Å²) >= 11 is 1.92. The highest BCUT2D eigenvalue weighted by Gasteiger charge is 2.64. The van der Waals surface area contributed by atoms with Crippen molar-refractivity contribution in [1.82, 2.24) is 4.90 Å². The van der Waals surface area contributed by atoms with Gasteiger partial charge in [-0.2, -0.15) is 11.8 Å². The molecule has 1 aromatic carbocycles. The summed E-state index contributed by atoms with van der Waals surface area (Å²) in [4.78, 5) is 40.9. The van der Waals surface area contributed by atoms with E-state index in [1.165, 1.54) is 0 Å². The predicted octanol–water partition coefficient (Wildman–Crippen LogP) is 4.99. The first-order chi connectivity index (χ1) is 16.2. The van der Waals surface area contributed by atoms with Crippen LogP contribution in [0.1, 0.15) is 72.3 Å². The molecule has 0 bridgehead atoms. The van der Waals surface area contributed by atoms with E-state index < -0.39 is 17.4 Å². The number of likely N-dealkylation sites (tertiary alicyclic amines) is 1. The number of carbonyl (C=O) groups is 3. The summed E-state index contributed by atoms with van der Waals surface area (Å²) in [7, 11) is 0. The summed E-state index contributed by atoms with van der Waals surface area (Å²) in [5.74, 6) is 0.153. The highest BCUT2D eigenvalue weighted by Crippen LogP contribution is 2.60. The number of nitrogens with zero attached hydrogens (tertiary/aromatic N) is 1.